The molecule has 4 nitrogen and oxygen atoms in total. The molecule has 0 fully saturated rings. The average Bonchev–Trinajstić information content (AvgIpc) is 2.39. The lowest BCUT2D eigenvalue weighted by Gasteiger charge is -2.12. The van der Waals surface area contributed by atoms with Crippen LogP contribution in [0.4, 0.5) is 0 Å². The zero-order chi connectivity index (χ0) is 13.0. The molecule has 2 aromatic rings. The van der Waals surface area contributed by atoms with E-state index in [1.165, 1.54) is 12.3 Å². The van der Waals surface area contributed by atoms with Gasteiger partial charge in [-0.1, -0.05) is 17.7 Å². The minimum Gasteiger partial charge on any atom is -0.343 e. The molecule has 1 atom stereocenters. The van der Waals surface area contributed by atoms with Crippen molar-refractivity contribution in [3.8, 4) is 0 Å². The van der Waals surface area contributed by atoms with Gasteiger partial charge < -0.3 is 5.32 Å². The molecule has 1 N–H and O–H groups in total. The van der Waals surface area contributed by atoms with Gasteiger partial charge in [0.15, 0.2) is 0 Å². The molecule has 1 unspecified atom stereocenters. The standard InChI is InChI=1S/C13H12ClN3O/c1-9(11-4-2-3-6-15-11)17-13(18)12-8-10(14)5-7-16-12/h2-9H,1H3,(H,17,18). The molecule has 18 heavy (non-hydrogen) atoms. The number of aromatic nitrogens is 2. The third kappa shape index (κ3) is 3.05. The van der Waals surface area contributed by atoms with Crippen LogP contribution in [0.2, 0.25) is 5.02 Å². The van der Waals surface area contributed by atoms with Crippen LogP contribution >= 0.6 is 11.6 Å². The molecule has 0 aliphatic carbocycles. The highest BCUT2D eigenvalue weighted by atomic mass is 35.5. The van der Waals surface area contributed by atoms with Crippen LogP contribution in [0.15, 0.2) is 42.7 Å². The average molecular weight is 262 g/mol. The van der Waals surface area contributed by atoms with Gasteiger partial charge in [-0.3, -0.25) is 14.8 Å². The second-order valence-corrected chi connectivity index (χ2v) is 4.25. The van der Waals surface area contributed by atoms with E-state index in [2.05, 4.69) is 15.3 Å². The molecule has 0 aromatic carbocycles. The quantitative estimate of drug-likeness (QED) is 0.924. The number of amides is 1. The van der Waals surface area contributed by atoms with Gasteiger partial charge in [-0.15, -0.1) is 0 Å². The van der Waals surface area contributed by atoms with Gasteiger partial charge >= 0.3 is 0 Å². The predicted molar refractivity (Wildman–Crippen MR) is 69.4 cm³/mol. The fraction of sp³-hybridized carbons (Fsp3) is 0.154. The summed E-state index contributed by atoms with van der Waals surface area (Å²) in [6.45, 7) is 1.87. The van der Waals surface area contributed by atoms with Crippen LogP contribution in [0.3, 0.4) is 0 Å². The summed E-state index contributed by atoms with van der Waals surface area (Å²) in [7, 11) is 0. The third-order valence-electron chi connectivity index (χ3n) is 2.43. The minimum atomic E-state index is -0.268. The van der Waals surface area contributed by atoms with Crippen LogP contribution in [0.25, 0.3) is 0 Å². The van der Waals surface area contributed by atoms with Crippen molar-refractivity contribution in [1.82, 2.24) is 15.3 Å². The van der Waals surface area contributed by atoms with Crippen molar-refractivity contribution in [2.75, 3.05) is 0 Å². The second kappa shape index (κ2) is 5.60. The first-order valence-corrected chi connectivity index (χ1v) is 5.88. The van der Waals surface area contributed by atoms with Gasteiger partial charge in [0.25, 0.3) is 5.91 Å². The molecule has 2 heterocycles. The lowest BCUT2D eigenvalue weighted by Crippen LogP contribution is -2.27. The Bertz CT molecular complexity index is 545. The molecule has 0 radical (unpaired) electrons. The van der Waals surface area contributed by atoms with Crippen molar-refractivity contribution in [3.05, 3.63) is 59.1 Å². The molecule has 0 aliphatic heterocycles. The molecular formula is C13H12ClN3O. The third-order valence-corrected chi connectivity index (χ3v) is 2.67. The number of hydrogen-bond acceptors (Lipinski definition) is 3. The molecular weight excluding hydrogens is 250 g/mol. The van der Waals surface area contributed by atoms with Gasteiger partial charge in [-0.05, 0) is 31.2 Å². The SMILES string of the molecule is CC(NC(=O)c1cc(Cl)ccn1)c1ccccn1. The molecule has 1 amide bonds. The van der Waals surface area contributed by atoms with Crippen LogP contribution in [-0.4, -0.2) is 15.9 Å². The Morgan fingerprint density at radius 3 is 2.78 bits per heavy atom. The summed E-state index contributed by atoms with van der Waals surface area (Å²) in [5.74, 6) is -0.268. The van der Waals surface area contributed by atoms with E-state index in [0.717, 1.165) is 5.69 Å². The first kappa shape index (κ1) is 12.5. The molecule has 0 spiro atoms. The van der Waals surface area contributed by atoms with Crippen LogP contribution in [-0.2, 0) is 0 Å². The summed E-state index contributed by atoms with van der Waals surface area (Å²) < 4.78 is 0. The molecule has 2 rings (SSSR count). The van der Waals surface area contributed by atoms with Crippen LogP contribution in [0.1, 0.15) is 29.1 Å². The maximum absolute atomic E-state index is 11.9. The largest absolute Gasteiger partial charge is 0.343 e. The monoisotopic (exact) mass is 261 g/mol. The molecule has 92 valence electrons. The number of carbonyl (C=O) groups excluding carboxylic acids is 1. The summed E-state index contributed by atoms with van der Waals surface area (Å²) in [5.41, 5.74) is 1.10. The molecule has 0 bridgehead atoms. The summed E-state index contributed by atoms with van der Waals surface area (Å²) >= 11 is 5.81. The van der Waals surface area contributed by atoms with Gasteiger partial charge in [0, 0.05) is 17.4 Å². The Labute approximate surface area is 110 Å². The van der Waals surface area contributed by atoms with Gasteiger partial charge in [0.1, 0.15) is 5.69 Å². The number of halogens is 1. The Morgan fingerprint density at radius 1 is 1.28 bits per heavy atom. The Hall–Kier alpha value is -1.94. The van der Waals surface area contributed by atoms with Gasteiger partial charge in [-0.2, -0.15) is 0 Å². The number of nitrogens with zero attached hydrogens (tertiary/aromatic N) is 2. The van der Waals surface area contributed by atoms with Crippen molar-refractivity contribution in [3.63, 3.8) is 0 Å². The van der Waals surface area contributed by atoms with Crippen molar-refractivity contribution in [2.24, 2.45) is 0 Å². The smallest absolute Gasteiger partial charge is 0.270 e. The van der Waals surface area contributed by atoms with E-state index < -0.39 is 0 Å². The van der Waals surface area contributed by atoms with Crippen molar-refractivity contribution in [2.45, 2.75) is 13.0 Å². The maximum Gasteiger partial charge on any atom is 0.270 e. The van der Waals surface area contributed by atoms with E-state index in [1.54, 1.807) is 12.3 Å². The molecule has 0 aliphatic rings. The summed E-state index contributed by atoms with van der Waals surface area (Å²) in [4.78, 5) is 20.1. The fourth-order valence-corrected chi connectivity index (χ4v) is 1.67. The Balaban J connectivity index is 2.08. The highest BCUT2D eigenvalue weighted by Crippen LogP contribution is 2.11. The highest BCUT2D eigenvalue weighted by molar-refractivity contribution is 6.30. The molecule has 5 heteroatoms. The summed E-state index contributed by atoms with van der Waals surface area (Å²) in [6.07, 6.45) is 3.19. The van der Waals surface area contributed by atoms with Gasteiger partial charge in [0.2, 0.25) is 0 Å². The maximum atomic E-state index is 11.9. The van der Waals surface area contributed by atoms with Crippen LogP contribution in [0.5, 0.6) is 0 Å². The van der Waals surface area contributed by atoms with Crippen molar-refractivity contribution in [1.29, 1.82) is 0 Å². The predicted octanol–water partition coefficient (Wildman–Crippen LogP) is 2.62. The van der Waals surface area contributed by atoms with Crippen LogP contribution in [0, 0.1) is 0 Å². The van der Waals surface area contributed by atoms with Crippen LogP contribution < -0.4 is 5.32 Å². The minimum absolute atomic E-state index is 0.181. The molecule has 2 aromatic heterocycles. The lowest BCUT2D eigenvalue weighted by atomic mass is 10.2. The second-order valence-electron chi connectivity index (χ2n) is 3.81. The Kier molecular flexibility index (Phi) is 3.89. The van der Waals surface area contributed by atoms with E-state index in [1.807, 2.05) is 25.1 Å². The first-order valence-electron chi connectivity index (χ1n) is 5.50. The fourth-order valence-electron chi connectivity index (χ4n) is 1.51. The zero-order valence-corrected chi connectivity index (χ0v) is 10.6. The van der Waals surface area contributed by atoms with Gasteiger partial charge in [0.05, 0.1) is 11.7 Å². The lowest BCUT2D eigenvalue weighted by molar-refractivity contribution is 0.0934. The number of carbonyl (C=O) groups is 1. The molecule has 0 saturated carbocycles. The number of nitrogens with one attached hydrogen (secondary N) is 1. The van der Waals surface area contributed by atoms with E-state index in [4.69, 9.17) is 11.6 Å². The number of hydrogen-bond donors (Lipinski definition) is 1. The Morgan fingerprint density at radius 2 is 2.11 bits per heavy atom. The summed E-state index contributed by atoms with van der Waals surface area (Å²) in [5, 5.41) is 3.30. The number of rotatable bonds is 3. The first-order chi connectivity index (χ1) is 8.66. The van der Waals surface area contributed by atoms with E-state index >= 15 is 0 Å². The van der Waals surface area contributed by atoms with E-state index in [-0.39, 0.29) is 11.9 Å². The van der Waals surface area contributed by atoms with E-state index in [9.17, 15) is 4.79 Å². The topological polar surface area (TPSA) is 54.9 Å². The van der Waals surface area contributed by atoms with Gasteiger partial charge in [-0.25, -0.2) is 0 Å². The molecule has 0 saturated heterocycles. The summed E-state index contributed by atoms with van der Waals surface area (Å²) in [6, 6.07) is 8.54. The normalized spacial score (nSPS) is 11.9. The van der Waals surface area contributed by atoms with E-state index in [0.29, 0.717) is 10.7 Å². The zero-order valence-electron chi connectivity index (χ0n) is 9.80. The number of pyridine rings is 2. The highest BCUT2D eigenvalue weighted by Gasteiger charge is 2.13. The van der Waals surface area contributed by atoms with Crippen molar-refractivity contribution >= 4 is 17.5 Å². The van der Waals surface area contributed by atoms with Crippen molar-refractivity contribution < 1.29 is 4.79 Å².